The normalized spacial score (nSPS) is 17.6. The zero-order valence-electron chi connectivity index (χ0n) is 9.31. The van der Waals surface area contributed by atoms with E-state index in [0.717, 1.165) is 6.54 Å². The molecule has 3 nitrogen and oxygen atoms in total. The summed E-state index contributed by atoms with van der Waals surface area (Å²) in [5.74, 6) is 0.663. The maximum Gasteiger partial charge on any atom is 0.233 e. The van der Waals surface area contributed by atoms with Gasteiger partial charge < -0.3 is 10.6 Å². The summed E-state index contributed by atoms with van der Waals surface area (Å²) in [6.07, 6.45) is 5.09. The third-order valence-electron chi connectivity index (χ3n) is 2.61. The molecule has 1 amide bonds. The summed E-state index contributed by atoms with van der Waals surface area (Å²) in [7, 11) is 0. The SMILES string of the molecule is CC(C)CNC(=O)CNC1CCCC1. The fourth-order valence-corrected chi connectivity index (χ4v) is 1.75. The number of carbonyl (C=O) groups excluding carboxylic acids is 1. The molecule has 1 aliphatic carbocycles. The minimum atomic E-state index is 0.130. The van der Waals surface area contributed by atoms with Crippen LogP contribution in [0.4, 0.5) is 0 Å². The van der Waals surface area contributed by atoms with Crippen LogP contribution >= 0.6 is 0 Å². The van der Waals surface area contributed by atoms with Gasteiger partial charge in [-0.05, 0) is 18.8 Å². The van der Waals surface area contributed by atoms with E-state index in [1.807, 2.05) is 0 Å². The number of hydrogen-bond acceptors (Lipinski definition) is 2. The quantitative estimate of drug-likeness (QED) is 0.699. The highest BCUT2D eigenvalue weighted by Gasteiger charge is 2.14. The van der Waals surface area contributed by atoms with Crippen molar-refractivity contribution in [2.45, 2.75) is 45.6 Å². The van der Waals surface area contributed by atoms with Crippen LogP contribution in [0.3, 0.4) is 0 Å². The summed E-state index contributed by atoms with van der Waals surface area (Å²) in [6.45, 7) is 5.47. The largest absolute Gasteiger partial charge is 0.355 e. The smallest absolute Gasteiger partial charge is 0.233 e. The molecule has 2 N–H and O–H groups in total. The second-order valence-electron chi connectivity index (χ2n) is 4.56. The lowest BCUT2D eigenvalue weighted by Gasteiger charge is -2.12. The third kappa shape index (κ3) is 4.61. The van der Waals surface area contributed by atoms with Gasteiger partial charge >= 0.3 is 0 Å². The van der Waals surface area contributed by atoms with Crippen LogP contribution in [0.1, 0.15) is 39.5 Å². The zero-order chi connectivity index (χ0) is 10.4. The number of carbonyl (C=O) groups is 1. The van der Waals surface area contributed by atoms with Crippen molar-refractivity contribution in [1.29, 1.82) is 0 Å². The first-order chi connectivity index (χ1) is 6.68. The lowest BCUT2D eigenvalue weighted by Crippen LogP contribution is -2.39. The summed E-state index contributed by atoms with van der Waals surface area (Å²) < 4.78 is 0. The average Bonchev–Trinajstić information content (AvgIpc) is 2.63. The van der Waals surface area contributed by atoms with E-state index in [1.165, 1.54) is 25.7 Å². The summed E-state index contributed by atoms with van der Waals surface area (Å²) in [4.78, 5) is 11.3. The van der Waals surface area contributed by atoms with Gasteiger partial charge in [-0.1, -0.05) is 26.7 Å². The van der Waals surface area contributed by atoms with E-state index in [9.17, 15) is 4.79 Å². The molecule has 0 unspecified atom stereocenters. The maximum absolute atomic E-state index is 11.3. The molecular weight excluding hydrogens is 176 g/mol. The molecule has 0 spiro atoms. The minimum Gasteiger partial charge on any atom is -0.355 e. The Kier molecular flexibility index (Phi) is 4.94. The topological polar surface area (TPSA) is 41.1 Å². The molecule has 14 heavy (non-hydrogen) atoms. The number of nitrogens with one attached hydrogen (secondary N) is 2. The predicted octanol–water partition coefficient (Wildman–Crippen LogP) is 1.29. The fourth-order valence-electron chi connectivity index (χ4n) is 1.75. The fraction of sp³-hybridized carbons (Fsp3) is 0.909. The highest BCUT2D eigenvalue weighted by Crippen LogP contribution is 2.17. The maximum atomic E-state index is 11.3. The van der Waals surface area contributed by atoms with Gasteiger partial charge in [-0.25, -0.2) is 0 Å². The summed E-state index contributed by atoms with van der Waals surface area (Å²) >= 11 is 0. The molecule has 0 saturated heterocycles. The van der Waals surface area contributed by atoms with Crippen molar-refractivity contribution in [1.82, 2.24) is 10.6 Å². The second-order valence-corrected chi connectivity index (χ2v) is 4.56. The van der Waals surface area contributed by atoms with Gasteiger partial charge in [0.2, 0.25) is 5.91 Å². The zero-order valence-corrected chi connectivity index (χ0v) is 9.31. The Labute approximate surface area is 86.6 Å². The third-order valence-corrected chi connectivity index (χ3v) is 2.61. The molecule has 1 aliphatic rings. The Morgan fingerprint density at radius 3 is 2.57 bits per heavy atom. The summed E-state index contributed by atoms with van der Waals surface area (Å²) in [5, 5.41) is 6.20. The van der Waals surface area contributed by atoms with Gasteiger partial charge in [-0.2, -0.15) is 0 Å². The first-order valence-electron chi connectivity index (χ1n) is 5.68. The van der Waals surface area contributed by atoms with Crippen LogP contribution in [0.25, 0.3) is 0 Å². The van der Waals surface area contributed by atoms with Gasteiger partial charge in [0, 0.05) is 12.6 Å². The molecule has 0 radical (unpaired) electrons. The van der Waals surface area contributed by atoms with Gasteiger partial charge in [0.25, 0.3) is 0 Å². The van der Waals surface area contributed by atoms with Gasteiger partial charge in [0.1, 0.15) is 0 Å². The molecule has 0 aliphatic heterocycles. The van der Waals surface area contributed by atoms with Crippen molar-refractivity contribution >= 4 is 5.91 Å². The molecule has 1 saturated carbocycles. The van der Waals surface area contributed by atoms with Gasteiger partial charge in [0.15, 0.2) is 0 Å². The molecule has 0 aromatic carbocycles. The Morgan fingerprint density at radius 1 is 1.36 bits per heavy atom. The Morgan fingerprint density at radius 2 is 2.00 bits per heavy atom. The van der Waals surface area contributed by atoms with Crippen molar-refractivity contribution in [2.24, 2.45) is 5.92 Å². The van der Waals surface area contributed by atoms with E-state index < -0.39 is 0 Å². The van der Waals surface area contributed by atoms with E-state index in [-0.39, 0.29) is 5.91 Å². The standard InChI is InChI=1S/C11H22N2O/c1-9(2)7-13-11(14)8-12-10-5-3-4-6-10/h9-10,12H,3-8H2,1-2H3,(H,13,14). The van der Waals surface area contributed by atoms with Crippen LogP contribution in [-0.4, -0.2) is 25.0 Å². The van der Waals surface area contributed by atoms with Crippen molar-refractivity contribution in [2.75, 3.05) is 13.1 Å². The van der Waals surface area contributed by atoms with E-state index >= 15 is 0 Å². The Bertz CT molecular complexity index is 174. The van der Waals surface area contributed by atoms with Crippen LogP contribution in [-0.2, 0) is 4.79 Å². The van der Waals surface area contributed by atoms with Crippen molar-refractivity contribution in [3.05, 3.63) is 0 Å². The van der Waals surface area contributed by atoms with E-state index in [2.05, 4.69) is 24.5 Å². The van der Waals surface area contributed by atoms with Crippen molar-refractivity contribution in [3.63, 3.8) is 0 Å². The molecule has 1 rings (SSSR count). The molecule has 1 fully saturated rings. The molecule has 3 heteroatoms. The van der Waals surface area contributed by atoms with Crippen molar-refractivity contribution < 1.29 is 4.79 Å². The van der Waals surface area contributed by atoms with E-state index in [0.29, 0.717) is 18.5 Å². The van der Waals surface area contributed by atoms with Gasteiger partial charge in [-0.15, -0.1) is 0 Å². The number of amides is 1. The molecule has 0 aromatic rings. The summed E-state index contributed by atoms with van der Waals surface area (Å²) in [5.41, 5.74) is 0. The van der Waals surface area contributed by atoms with Crippen LogP contribution < -0.4 is 10.6 Å². The Balaban J connectivity index is 2.02. The second kappa shape index (κ2) is 6.02. The first kappa shape index (κ1) is 11.5. The van der Waals surface area contributed by atoms with Crippen LogP contribution in [0.15, 0.2) is 0 Å². The lowest BCUT2D eigenvalue weighted by atomic mass is 10.2. The molecule has 0 bridgehead atoms. The monoisotopic (exact) mass is 198 g/mol. The predicted molar refractivity (Wildman–Crippen MR) is 58.1 cm³/mol. The molecular formula is C11H22N2O. The lowest BCUT2D eigenvalue weighted by molar-refractivity contribution is -0.120. The molecule has 0 heterocycles. The van der Waals surface area contributed by atoms with E-state index in [4.69, 9.17) is 0 Å². The Hall–Kier alpha value is -0.570. The van der Waals surface area contributed by atoms with Crippen LogP contribution in [0.5, 0.6) is 0 Å². The van der Waals surface area contributed by atoms with Crippen LogP contribution in [0, 0.1) is 5.92 Å². The van der Waals surface area contributed by atoms with Crippen molar-refractivity contribution in [3.8, 4) is 0 Å². The van der Waals surface area contributed by atoms with Crippen LogP contribution in [0.2, 0.25) is 0 Å². The van der Waals surface area contributed by atoms with Gasteiger partial charge in [-0.3, -0.25) is 4.79 Å². The van der Waals surface area contributed by atoms with E-state index in [1.54, 1.807) is 0 Å². The van der Waals surface area contributed by atoms with Gasteiger partial charge in [0.05, 0.1) is 6.54 Å². The minimum absolute atomic E-state index is 0.130. The molecule has 82 valence electrons. The molecule has 0 aromatic heterocycles. The molecule has 0 atom stereocenters. The highest BCUT2D eigenvalue weighted by molar-refractivity contribution is 5.77. The highest BCUT2D eigenvalue weighted by atomic mass is 16.1. The number of hydrogen-bond donors (Lipinski definition) is 2. The first-order valence-corrected chi connectivity index (χ1v) is 5.68. The summed E-state index contributed by atoms with van der Waals surface area (Å²) in [6, 6.07) is 0.583. The number of rotatable bonds is 5. The average molecular weight is 198 g/mol.